The van der Waals surface area contributed by atoms with Gasteiger partial charge in [-0.25, -0.2) is 14.4 Å². The number of nitrogens with one attached hydrogen (secondary N) is 1. The van der Waals surface area contributed by atoms with E-state index in [0.717, 1.165) is 5.56 Å². The molecule has 33 heavy (non-hydrogen) atoms. The smallest absolute Gasteiger partial charge is 0.321 e. The lowest BCUT2D eigenvalue weighted by molar-refractivity contribution is 0.102. The number of hydrogen-bond donors (Lipinski definition) is 1. The van der Waals surface area contributed by atoms with Crippen LogP contribution in [0.3, 0.4) is 0 Å². The zero-order valence-electron chi connectivity index (χ0n) is 17.9. The van der Waals surface area contributed by atoms with Gasteiger partial charge in [0.2, 0.25) is 0 Å². The number of methoxy groups -OCH3 is 2. The van der Waals surface area contributed by atoms with E-state index in [1.165, 1.54) is 31.4 Å². The van der Waals surface area contributed by atoms with Gasteiger partial charge in [-0.05, 0) is 54.1 Å². The fourth-order valence-corrected chi connectivity index (χ4v) is 3.06. The molecule has 0 bridgehead atoms. The summed E-state index contributed by atoms with van der Waals surface area (Å²) in [6.45, 7) is 0. The highest BCUT2D eigenvalue weighted by Crippen LogP contribution is 2.30. The Balaban J connectivity index is 1.49. The van der Waals surface area contributed by atoms with E-state index in [1.807, 2.05) is 6.07 Å². The van der Waals surface area contributed by atoms with Gasteiger partial charge < -0.3 is 19.5 Å². The molecule has 0 aliphatic carbocycles. The quantitative estimate of drug-likeness (QED) is 0.413. The average Bonchev–Trinajstić information content (AvgIpc) is 2.86. The van der Waals surface area contributed by atoms with E-state index in [9.17, 15) is 9.18 Å². The Bertz CT molecular complexity index is 1260. The first-order chi connectivity index (χ1) is 16.1. The number of rotatable bonds is 7. The summed E-state index contributed by atoms with van der Waals surface area (Å²) in [5.41, 5.74) is 2.45. The van der Waals surface area contributed by atoms with E-state index in [4.69, 9.17) is 14.2 Å². The van der Waals surface area contributed by atoms with Gasteiger partial charge in [0.05, 0.1) is 19.9 Å². The van der Waals surface area contributed by atoms with Gasteiger partial charge in [-0.3, -0.25) is 4.79 Å². The number of anilines is 1. The number of benzene rings is 3. The Morgan fingerprint density at radius 1 is 0.848 bits per heavy atom. The second-order valence-corrected chi connectivity index (χ2v) is 6.91. The molecule has 0 aliphatic heterocycles. The minimum atomic E-state index is -0.354. The third-order valence-electron chi connectivity index (χ3n) is 4.77. The highest BCUT2D eigenvalue weighted by atomic mass is 19.1. The van der Waals surface area contributed by atoms with E-state index in [0.29, 0.717) is 34.1 Å². The van der Waals surface area contributed by atoms with Crippen molar-refractivity contribution in [2.45, 2.75) is 0 Å². The number of hydrogen-bond acceptors (Lipinski definition) is 6. The summed E-state index contributed by atoms with van der Waals surface area (Å²) >= 11 is 0. The molecule has 0 saturated carbocycles. The van der Waals surface area contributed by atoms with Crippen molar-refractivity contribution in [3.63, 3.8) is 0 Å². The van der Waals surface area contributed by atoms with Crippen LogP contribution in [-0.2, 0) is 0 Å². The number of carbonyl (C=O) groups is 1. The minimum Gasteiger partial charge on any atom is -0.497 e. The number of amides is 1. The van der Waals surface area contributed by atoms with Crippen molar-refractivity contribution in [1.82, 2.24) is 9.97 Å². The lowest BCUT2D eigenvalue weighted by Crippen LogP contribution is -2.12. The Labute approximate surface area is 189 Å². The highest BCUT2D eigenvalue weighted by molar-refractivity contribution is 6.05. The monoisotopic (exact) mass is 445 g/mol. The molecular formula is C25H20FN3O4. The molecule has 7 nitrogen and oxygen atoms in total. The second kappa shape index (κ2) is 9.78. The van der Waals surface area contributed by atoms with Gasteiger partial charge in [-0.15, -0.1) is 0 Å². The van der Waals surface area contributed by atoms with Crippen LogP contribution in [0.1, 0.15) is 10.4 Å². The molecule has 8 heteroatoms. The van der Waals surface area contributed by atoms with E-state index in [1.54, 1.807) is 55.9 Å². The normalized spacial score (nSPS) is 10.4. The summed E-state index contributed by atoms with van der Waals surface area (Å²) in [5, 5.41) is 2.85. The fraction of sp³-hybridized carbons (Fsp3) is 0.0800. The van der Waals surface area contributed by atoms with Gasteiger partial charge >= 0.3 is 6.01 Å². The van der Waals surface area contributed by atoms with Gasteiger partial charge in [0.15, 0.2) is 0 Å². The summed E-state index contributed by atoms with van der Waals surface area (Å²) in [7, 11) is 3.08. The van der Waals surface area contributed by atoms with Crippen LogP contribution in [-0.4, -0.2) is 30.1 Å². The first kappa shape index (κ1) is 21.8. The summed E-state index contributed by atoms with van der Waals surface area (Å²) in [4.78, 5) is 21.2. The highest BCUT2D eigenvalue weighted by Gasteiger charge is 2.12. The molecule has 166 valence electrons. The molecule has 1 N–H and O–H groups in total. The Hall–Kier alpha value is -4.46. The maximum absolute atomic E-state index is 13.0. The molecule has 0 radical (unpaired) electrons. The summed E-state index contributed by atoms with van der Waals surface area (Å²) < 4.78 is 29.1. The molecule has 0 aliphatic rings. The first-order valence-electron chi connectivity index (χ1n) is 9.95. The van der Waals surface area contributed by atoms with E-state index >= 15 is 0 Å². The molecule has 3 aromatic carbocycles. The zero-order chi connectivity index (χ0) is 23.2. The topological polar surface area (TPSA) is 82.6 Å². The van der Waals surface area contributed by atoms with Gasteiger partial charge in [0.25, 0.3) is 5.91 Å². The van der Waals surface area contributed by atoms with Crippen molar-refractivity contribution in [1.29, 1.82) is 0 Å². The number of ether oxygens (including phenoxy) is 3. The lowest BCUT2D eigenvalue weighted by Gasteiger charge is -2.12. The van der Waals surface area contributed by atoms with Crippen molar-refractivity contribution in [2.75, 3.05) is 19.5 Å². The summed E-state index contributed by atoms with van der Waals surface area (Å²) in [5.74, 6) is 0.893. The Morgan fingerprint density at radius 2 is 1.58 bits per heavy atom. The Morgan fingerprint density at radius 3 is 2.27 bits per heavy atom. The lowest BCUT2D eigenvalue weighted by atomic mass is 10.1. The Kier molecular flexibility index (Phi) is 6.45. The third kappa shape index (κ3) is 5.24. The van der Waals surface area contributed by atoms with Gasteiger partial charge in [0.1, 0.15) is 23.1 Å². The third-order valence-corrected chi connectivity index (χ3v) is 4.77. The van der Waals surface area contributed by atoms with Crippen LogP contribution in [0.5, 0.6) is 23.3 Å². The molecule has 0 fully saturated rings. The molecule has 1 amide bonds. The van der Waals surface area contributed by atoms with Crippen LogP contribution in [0.2, 0.25) is 0 Å². The second-order valence-electron chi connectivity index (χ2n) is 6.91. The van der Waals surface area contributed by atoms with E-state index in [2.05, 4.69) is 15.3 Å². The van der Waals surface area contributed by atoms with Crippen LogP contribution in [0.25, 0.3) is 11.1 Å². The molecule has 0 atom stereocenters. The fourth-order valence-electron chi connectivity index (χ4n) is 3.06. The van der Waals surface area contributed by atoms with Crippen molar-refractivity contribution in [3.8, 4) is 34.4 Å². The van der Waals surface area contributed by atoms with Crippen LogP contribution < -0.4 is 19.5 Å². The predicted octanol–water partition coefficient (Wildman–Crippen LogP) is 5.34. The zero-order valence-corrected chi connectivity index (χ0v) is 17.9. The number of carbonyl (C=O) groups excluding carboxylic acids is 1. The standard InChI is InChI=1S/C25H20FN3O4/c1-31-21-10-11-22(23(13-21)32-2)29-24(30)17-5-3-4-16(12-17)18-14-27-25(28-15-18)33-20-8-6-19(26)7-9-20/h3-15H,1-2H3,(H,29,30). The summed E-state index contributed by atoms with van der Waals surface area (Å²) in [6, 6.07) is 17.9. The van der Waals surface area contributed by atoms with Crippen LogP contribution in [0, 0.1) is 5.82 Å². The van der Waals surface area contributed by atoms with E-state index in [-0.39, 0.29) is 17.7 Å². The maximum atomic E-state index is 13.0. The molecule has 0 saturated heterocycles. The predicted molar refractivity (Wildman–Crippen MR) is 121 cm³/mol. The largest absolute Gasteiger partial charge is 0.497 e. The first-order valence-corrected chi connectivity index (χ1v) is 9.95. The molecule has 4 aromatic rings. The van der Waals surface area contributed by atoms with Crippen molar-refractivity contribution >= 4 is 11.6 Å². The molecule has 1 heterocycles. The number of aromatic nitrogens is 2. The van der Waals surface area contributed by atoms with Crippen LogP contribution in [0.4, 0.5) is 10.1 Å². The molecular weight excluding hydrogens is 425 g/mol. The van der Waals surface area contributed by atoms with Gasteiger partial charge in [-0.2, -0.15) is 0 Å². The van der Waals surface area contributed by atoms with Crippen LogP contribution in [0.15, 0.2) is 79.1 Å². The average molecular weight is 445 g/mol. The molecule has 0 unspecified atom stereocenters. The summed E-state index contributed by atoms with van der Waals surface area (Å²) in [6.07, 6.45) is 3.19. The van der Waals surface area contributed by atoms with Crippen molar-refractivity contribution < 1.29 is 23.4 Å². The molecule has 1 aromatic heterocycles. The van der Waals surface area contributed by atoms with Gasteiger partial charge in [0, 0.05) is 29.6 Å². The number of halogens is 1. The van der Waals surface area contributed by atoms with E-state index < -0.39 is 0 Å². The maximum Gasteiger partial charge on any atom is 0.321 e. The minimum absolute atomic E-state index is 0.130. The molecule has 4 rings (SSSR count). The van der Waals surface area contributed by atoms with Crippen LogP contribution >= 0.6 is 0 Å². The van der Waals surface area contributed by atoms with Gasteiger partial charge in [-0.1, -0.05) is 12.1 Å². The SMILES string of the molecule is COc1ccc(NC(=O)c2cccc(-c3cnc(Oc4ccc(F)cc4)nc3)c2)c(OC)c1. The van der Waals surface area contributed by atoms with Crippen molar-refractivity contribution in [3.05, 3.63) is 90.5 Å². The molecule has 0 spiro atoms. The van der Waals surface area contributed by atoms with Crippen molar-refractivity contribution in [2.24, 2.45) is 0 Å². The number of nitrogens with zero attached hydrogens (tertiary/aromatic N) is 2.